The van der Waals surface area contributed by atoms with Gasteiger partial charge in [0, 0.05) is 11.6 Å². The Bertz CT molecular complexity index is 1150. The molecule has 0 aliphatic rings. The number of halogens is 2. The van der Waals surface area contributed by atoms with Gasteiger partial charge in [-0.2, -0.15) is 12.1 Å². The van der Waals surface area contributed by atoms with E-state index in [1.54, 1.807) is 0 Å². The van der Waals surface area contributed by atoms with Gasteiger partial charge in [-0.15, -0.1) is 70.1 Å². The molecule has 2 unspecified atom stereocenters. The topological polar surface area (TPSA) is 28.3 Å². The fraction of sp³-hybridized carbons (Fsp3) is 0. The van der Waals surface area contributed by atoms with E-state index in [-0.39, 0.29) is 66.1 Å². The number of benzene rings is 2. The van der Waals surface area contributed by atoms with Crippen molar-refractivity contribution >= 4 is 36.6 Å². The molecule has 0 aliphatic carbocycles. The first-order chi connectivity index (χ1) is 13.9. The fourth-order valence-corrected chi connectivity index (χ4v) is 6.42. The van der Waals surface area contributed by atoms with E-state index in [1.165, 1.54) is 32.2 Å². The van der Waals surface area contributed by atoms with Crippen LogP contribution in [0.15, 0.2) is 109 Å². The maximum atomic E-state index is 3.14. The summed E-state index contributed by atoms with van der Waals surface area (Å²) in [6, 6.07) is 26.2. The number of hydrogen-bond acceptors (Lipinski definition) is 0. The van der Waals surface area contributed by atoms with E-state index in [2.05, 4.69) is 106 Å². The smallest absolute Gasteiger partial charge is 1.00 e. The molecule has 0 saturated heterocycles. The van der Waals surface area contributed by atoms with Crippen molar-refractivity contribution in [1.82, 2.24) is 0 Å². The molecule has 0 fully saturated rings. The Labute approximate surface area is 215 Å². The minimum Gasteiger partial charge on any atom is -1.00 e. The van der Waals surface area contributed by atoms with Crippen LogP contribution in [0, 0.1) is 0 Å². The van der Waals surface area contributed by atoms with Crippen molar-refractivity contribution in [3.05, 3.63) is 109 Å². The van der Waals surface area contributed by atoms with Gasteiger partial charge < -0.3 is 24.8 Å². The van der Waals surface area contributed by atoms with Crippen molar-refractivity contribution < 1.29 is 61.0 Å². The number of nitrogens with one attached hydrogen (secondary N) is 2. The first kappa shape index (κ1) is 25.8. The molecular formula is C24H20Cl2N2P2Zr+2. The van der Waals surface area contributed by atoms with Crippen molar-refractivity contribution in [2.75, 3.05) is 0 Å². The molecule has 0 radical (unpaired) electrons. The predicted octanol–water partition coefficient (Wildman–Crippen LogP) is 0.703. The molecule has 2 N–H and O–H groups in total. The average molecular weight is 561 g/mol. The molecule has 7 heteroatoms. The normalized spacial score (nSPS) is 11.0. The van der Waals surface area contributed by atoms with Crippen LogP contribution in [0.3, 0.4) is 0 Å². The summed E-state index contributed by atoms with van der Waals surface area (Å²) in [5, 5.41) is 8.25. The van der Waals surface area contributed by atoms with E-state index in [0.29, 0.717) is 0 Å². The second-order valence-corrected chi connectivity index (χ2v) is 10.5. The van der Waals surface area contributed by atoms with Gasteiger partial charge in [0.05, 0.1) is 0 Å². The summed E-state index contributed by atoms with van der Waals surface area (Å²) in [5.41, 5.74) is 0. The molecule has 0 aliphatic heterocycles. The van der Waals surface area contributed by atoms with Crippen LogP contribution in [0.5, 0.6) is 0 Å². The van der Waals surface area contributed by atoms with Gasteiger partial charge in [0.1, 0.15) is 0 Å². The monoisotopic (exact) mass is 558 g/mol. The van der Waals surface area contributed by atoms with Crippen LogP contribution in [0.4, 0.5) is 0 Å². The van der Waals surface area contributed by atoms with E-state index in [9.17, 15) is 0 Å². The predicted molar refractivity (Wildman–Crippen MR) is 120 cm³/mol. The fourth-order valence-electron chi connectivity index (χ4n) is 3.47. The van der Waals surface area contributed by atoms with Crippen LogP contribution in [0.2, 0.25) is 0 Å². The molecule has 2 nitrogen and oxygen atoms in total. The van der Waals surface area contributed by atoms with E-state index in [0.717, 1.165) is 0 Å². The first-order valence-electron chi connectivity index (χ1n) is 9.27. The third kappa shape index (κ3) is 5.87. The van der Waals surface area contributed by atoms with Gasteiger partial charge in [-0.25, -0.2) is 9.97 Å². The van der Waals surface area contributed by atoms with Crippen LogP contribution in [-0.2, 0) is 26.2 Å². The average Bonchev–Trinajstić information content (AvgIpc) is 3.54. The third-order valence-electron chi connectivity index (χ3n) is 4.89. The molecule has 0 amide bonds. The second kappa shape index (κ2) is 12.0. The minimum atomic E-state index is -0.204. The van der Waals surface area contributed by atoms with Gasteiger partial charge in [0.15, 0.2) is 24.3 Å². The Morgan fingerprint density at radius 1 is 0.613 bits per heavy atom. The molecule has 0 bridgehead atoms. The van der Waals surface area contributed by atoms with E-state index < -0.39 is 0 Å². The zero-order valence-electron chi connectivity index (χ0n) is 16.5. The maximum Gasteiger partial charge on any atom is 4.00 e. The first-order valence-corrected chi connectivity index (χ1v) is 12.2. The van der Waals surface area contributed by atoms with Gasteiger partial charge >= 0.3 is 26.2 Å². The van der Waals surface area contributed by atoms with Crippen molar-refractivity contribution in [1.29, 1.82) is 0 Å². The van der Waals surface area contributed by atoms with E-state index in [4.69, 9.17) is 0 Å². The Morgan fingerprint density at radius 2 is 1.03 bits per heavy atom. The SMILES string of the molecule is [Cl-].[Cl-].[Zr+4].c1ccc2[cH-]c(-p3cc[nH+]c3)cc2c1.c1ccc2[cH-]c(-p3cc[nH+]c3)cc2c1. The largest absolute Gasteiger partial charge is 4.00 e. The van der Waals surface area contributed by atoms with Gasteiger partial charge in [-0.3, -0.25) is 0 Å². The van der Waals surface area contributed by atoms with Gasteiger partial charge in [-0.1, -0.05) is 22.7 Å². The van der Waals surface area contributed by atoms with Crippen LogP contribution < -0.4 is 34.8 Å². The molecule has 152 valence electrons. The molecule has 31 heavy (non-hydrogen) atoms. The number of fused-ring (bicyclic) bond motifs is 2. The minimum absolute atomic E-state index is 0. The number of aromatic amines is 2. The van der Waals surface area contributed by atoms with Crippen LogP contribution >= 0.6 is 15.1 Å². The summed E-state index contributed by atoms with van der Waals surface area (Å²) in [4.78, 5) is 6.28. The summed E-state index contributed by atoms with van der Waals surface area (Å²) in [6.07, 6.45) is 4.03. The van der Waals surface area contributed by atoms with E-state index in [1.807, 2.05) is 12.4 Å². The molecule has 6 rings (SSSR count). The molecule has 2 atom stereocenters. The van der Waals surface area contributed by atoms with Crippen molar-refractivity contribution in [3.63, 3.8) is 0 Å². The van der Waals surface area contributed by atoms with Crippen molar-refractivity contribution in [3.8, 4) is 10.6 Å². The standard InChI is InChI=1S/2C12H9NP.2ClH.Zr/c2*1-2-4-11-8-12(7-10(11)3-1)14-6-5-13-9-14;;;/h2*1-9H;2*1H;/q2*-1;;;+4. The van der Waals surface area contributed by atoms with Crippen LogP contribution in [-0.4, -0.2) is 0 Å². The Hall–Kier alpha value is -1.46. The summed E-state index contributed by atoms with van der Waals surface area (Å²) in [7, 11) is -0.407. The van der Waals surface area contributed by atoms with Crippen molar-refractivity contribution in [2.24, 2.45) is 0 Å². The molecule has 6 aromatic rings. The number of aromatic nitrogens is 2. The van der Waals surface area contributed by atoms with Crippen molar-refractivity contribution in [2.45, 2.75) is 0 Å². The zero-order valence-corrected chi connectivity index (χ0v) is 22.3. The quantitative estimate of drug-likeness (QED) is 0.279. The van der Waals surface area contributed by atoms with Gasteiger partial charge in [0.2, 0.25) is 0 Å². The van der Waals surface area contributed by atoms with Gasteiger partial charge in [-0.05, 0) is 15.1 Å². The maximum absolute atomic E-state index is 3.14. The second-order valence-electron chi connectivity index (χ2n) is 6.72. The zero-order chi connectivity index (χ0) is 18.8. The summed E-state index contributed by atoms with van der Waals surface area (Å²) < 4.78 is 0. The van der Waals surface area contributed by atoms with Crippen LogP contribution in [0.1, 0.15) is 0 Å². The van der Waals surface area contributed by atoms with Gasteiger partial charge in [0.25, 0.3) is 0 Å². The summed E-state index contributed by atoms with van der Waals surface area (Å²) in [5.74, 6) is 8.82. The number of H-pyrrole nitrogens is 2. The molecule has 0 saturated carbocycles. The Kier molecular flexibility index (Phi) is 9.96. The third-order valence-corrected chi connectivity index (χ3v) is 8.40. The Balaban J connectivity index is 0.000000201. The number of hydrogen-bond donors (Lipinski definition) is 0. The van der Waals surface area contributed by atoms with Crippen LogP contribution in [0.25, 0.3) is 32.2 Å². The molecule has 2 heterocycles. The number of rotatable bonds is 2. The molecule has 0 spiro atoms. The summed E-state index contributed by atoms with van der Waals surface area (Å²) >= 11 is 0. The summed E-state index contributed by atoms with van der Waals surface area (Å²) in [6.45, 7) is 0. The van der Waals surface area contributed by atoms with E-state index >= 15 is 0 Å². The molecule has 2 aromatic heterocycles. The Morgan fingerprint density at radius 3 is 1.39 bits per heavy atom. The molecule has 4 aromatic carbocycles. The molecular weight excluding hydrogens is 540 g/mol.